The molecule has 0 atom stereocenters. The highest BCUT2D eigenvalue weighted by atomic mass is 28.4. The summed E-state index contributed by atoms with van der Waals surface area (Å²) in [5.74, 6) is -0.0343. The third-order valence-corrected chi connectivity index (χ3v) is 8.90. The van der Waals surface area contributed by atoms with Crippen molar-refractivity contribution >= 4 is 20.9 Å². The average molecular weight is 322 g/mol. The Morgan fingerprint density at radius 2 is 1.82 bits per heavy atom. The van der Waals surface area contributed by atoms with Crippen molar-refractivity contribution in [2.24, 2.45) is 0 Å². The smallest absolute Gasteiger partial charge is 0.191 e. The molecule has 0 aliphatic heterocycles. The summed E-state index contributed by atoms with van der Waals surface area (Å²) < 4.78 is 6.09. The van der Waals surface area contributed by atoms with Crippen molar-refractivity contribution in [3.63, 3.8) is 0 Å². The first kappa shape index (κ1) is 18.6. The van der Waals surface area contributed by atoms with Crippen molar-refractivity contribution in [1.29, 1.82) is 0 Å². The largest absolute Gasteiger partial charge is 0.507 e. The van der Waals surface area contributed by atoms with Crippen LogP contribution in [-0.4, -0.2) is 32.6 Å². The first-order chi connectivity index (χ1) is 10.1. The Bertz CT molecular complexity index is 544. The Balaban J connectivity index is 2.70. The van der Waals surface area contributed by atoms with Crippen LogP contribution < -0.4 is 0 Å². The van der Waals surface area contributed by atoms with E-state index in [0.29, 0.717) is 36.7 Å². The van der Waals surface area contributed by atoms with Gasteiger partial charge in [0.25, 0.3) is 0 Å². The third-order valence-electron chi connectivity index (χ3n) is 4.36. The summed E-state index contributed by atoms with van der Waals surface area (Å²) in [6.07, 6.45) is 2.56. The molecule has 1 N–H and O–H groups in total. The molecule has 0 amide bonds. The lowest BCUT2D eigenvalue weighted by Crippen LogP contribution is -2.41. The molecule has 1 aromatic rings. The van der Waals surface area contributed by atoms with E-state index >= 15 is 0 Å². The van der Waals surface area contributed by atoms with Crippen LogP contribution in [0, 0.1) is 0 Å². The van der Waals surface area contributed by atoms with Crippen LogP contribution in [-0.2, 0) is 10.8 Å². The topological polar surface area (TPSA) is 63.6 Å². The molecule has 0 saturated heterocycles. The van der Waals surface area contributed by atoms with Gasteiger partial charge in [-0.25, -0.2) is 0 Å². The van der Waals surface area contributed by atoms with Crippen LogP contribution >= 0.6 is 0 Å². The van der Waals surface area contributed by atoms with Gasteiger partial charge < -0.3 is 9.53 Å². The Labute approximate surface area is 133 Å². The van der Waals surface area contributed by atoms with Crippen LogP contribution in [0.15, 0.2) is 12.1 Å². The molecule has 122 valence electrons. The van der Waals surface area contributed by atoms with Crippen LogP contribution in [0.5, 0.6) is 5.75 Å². The molecule has 22 heavy (non-hydrogen) atoms. The maximum atomic E-state index is 10.9. The molecule has 0 saturated carbocycles. The summed E-state index contributed by atoms with van der Waals surface area (Å²) in [5.41, 5.74) is 1.18. The molecule has 0 unspecified atom stereocenters. The fourth-order valence-electron chi connectivity index (χ4n) is 1.90. The van der Waals surface area contributed by atoms with E-state index in [1.54, 1.807) is 6.07 Å². The van der Waals surface area contributed by atoms with Gasteiger partial charge in [-0.15, -0.1) is 0 Å². The normalized spacial score (nSPS) is 12.2. The molecule has 0 aliphatic rings. The summed E-state index contributed by atoms with van der Waals surface area (Å²) in [6.45, 7) is 11.6. The van der Waals surface area contributed by atoms with Gasteiger partial charge in [0.1, 0.15) is 12.0 Å². The van der Waals surface area contributed by atoms with Gasteiger partial charge >= 0.3 is 0 Å². The number of phenols is 1. The quantitative estimate of drug-likeness (QED) is 0.468. The van der Waals surface area contributed by atoms with Gasteiger partial charge in [0.15, 0.2) is 14.6 Å². The molecule has 0 heterocycles. The first-order valence-electron chi connectivity index (χ1n) is 7.52. The number of aryl methyl sites for hydroxylation is 1. The van der Waals surface area contributed by atoms with Crippen molar-refractivity contribution in [1.82, 2.24) is 0 Å². The number of hydrogen-bond acceptors (Lipinski definition) is 4. The van der Waals surface area contributed by atoms with Gasteiger partial charge in [-0.05, 0) is 48.7 Å². The molecule has 4 nitrogen and oxygen atoms in total. The van der Waals surface area contributed by atoms with Crippen molar-refractivity contribution in [3.05, 3.63) is 28.8 Å². The lowest BCUT2D eigenvalue weighted by molar-refractivity contribution is 0.112. The molecule has 0 aliphatic carbocycles. The standard InChI is InChI=1S/C17H26O4Si/c1-17(2,3)22(4,5)21-8-6-7-14-9-13(11-18)10-15(12-19)16(14)20/h9-12,20H,6-8H2,1-5H3. The van der Waals surface area contributed by atoms with Crippen molar-refractivity contribution in [2.45, 2.75) is 51.7 Å². The van der Waals surface area contributed by atoms with E-state index in [-0.39, 0.29) is 16.4 Å². The minimum Gasteiger partial charge on any atom is -0.507 e. The number of phenolic OH excluding ortho intramolecular Hbond substituents is 1. The Morgan fingerprint density at radius 1 is 1.18 bits per heavy atom. The minimum atomic E-state index is -1.77. The molecule has 0 spiro atoms. The molecule has 1 rings (SSSR count). The highest BCUT2D eigenvalue weighted by Crippen LogP contribution is 2.36. The maximum Gasteiger partial charge on any atom is 0.191 e. The molecular weight excluding hydrogens is 296 g/mol. The number of rotatable bonds is 7. The highest BCUT2D eigenvalue weighted by molar-refractivity contribution is 6.74. The molecule has 0 fully saturated rings. The SMILES string of the molecule is CC(C)(C)[Si](C)(C)OCCCc1cc(C=O)cc(C=O)c1O. The summed E-state index contributed by atoms with van der Waals surface area (Å²) in [5, 5.41) is 10.2. The first-order valence-corrected chi connectivity index (χ1v) is 10.4. The number of carbonyl (C=O) groups is 2. The van der Waals surface area contributed by atoms with Crippen LogP contribution in [0.2, 0.25) is 18.1 Å². The molecule has 1 aromatic carbocycles. The highest BCUT2D eigenvalue weighted by Gasteiger charge is 2.36. The van der Waals surface area contributed by atoms with Gasteiger partial charge in [0, 0.05) is 12.2 Å². The predicted octanol–water partition coefficient (Wildman–Crippen LogP) is 3.97. The molecular formula is C17H26O4Si. The Kier molecular flexibility index (Phi) is 6.08. The van der Waals surface area contributed by atoms with Crippen molar-refractivity contribution in [3.8, 4) is 5.75 Å². The van der Waals surface area contributed by atoms with E-state index in [0.717, 1.165) is 6.42 Å². The number of carbonyl (C=O) groups excluding carboxylic acids is 2. The number of hydrogen-bond donors (Lipinski definition) is 1. The predicted molar refractivity (Wildman–Crippen MR) is 90.4 cm³/mol. The molecule has 0 radical (unpaired) electrons. The molecule has 5 heteroatoms. The zero-order valence-electron chi connectivity index (χ0n) is 14.1. The second kappa shape index (κ2) is 7.20. The van der Waals surface area contributed by atoms with Gasteiger partial charge in [0.05, 0.1) is 5.56 Å². The van der Waals surface area contributed by atoms with E-state index in [9.17, 15) is 14.7 Å². The summed E-state index contributed by atoms with van der Waals surface area (Å²) in [6, 6.07) is 3.02. The van der Waals surface area contributed by atoms with Crippen molar-refractivity contribution < 1.29 is 19.1 Å². The second-order valence-electron chi connectivity index (χ2n) is 7.07. The monoisotopic (exact) mass is 322 g/mol. The van der Waals surface area contributed by atoms with Crippen LogP contribution in [0.1, 0.15) is 53.5 Å². The van der Waals surface area contributed by atoms with Crippen LogP contribution in [0.3, 0.4) is 0 Å². The van der Waals surface area contributed by atoms with E-state index in [1.807, 2.05) is 0 Å². The van der Waals surface area contributed by atoms with E-state index < -0.39 is 8.32 Å². The van der Waals surface area contributed by atoms with Gasteiger partial charge in [-0.1, -0.05) is 20.8 Å². The van der Waals surface area contributed by atoms with Gasteiger partial charge in [-0.2, -0.15) is 0 Å². The van der Waals surface area contributed by atoms with Crippen LogP contribution in [0.25, 0.3) is 0 Å². The van der Waals surface area contributed by atoms with Gasteiger partial charge in [0.2, 0.25) is 0 Å². The Morgan fingerprint density at radius 3 is 2.32 bits per heavy atom. The van der Waals surface area contributed by atoms with E-state index in [1.165, 1.54) is 6.07 Å². The lowest BCUT2D eigenvalue weighted by Gasteiger charge is -2.36. The minimum absolute atomic E-state index is 0.0343. The van der Waals surface area contributed by atoms with E-state index in [4.69, 9.17) is 4.43 Å². The fraction of sp³-hybridized carbons (Fsp3) is 0.529. The molecule has 0 aromatic heterocycles. The maximum absolute atomic E-state index is 10.9. The summed E-state index contributed by atoms with van der Waals surface area (Å²) >= 11 is 0. The number of aromatic hydroxyl groups is 1. The van der Waals surface area contributed by atoms with Gasteiger partial charge in [-0.3, -0.25) is 9.59 Å². The second-order valence-corrected chi connectivity index (χ2v) is 11.9. The zero-order valence-corrected chi connectivity index (χ0v) is 15.1. The fourth-order valence-corrected chi connectivity index (χ4v) is 2.99. The summed E-state index contributed by atoms with van der Waals surface area (Å²) in [7, 11) is -1.77. The van der Waals surface area contributed by atoms with Crippen molar-refractivity contribution in [2.75, 3.05) is 6.61 Å². The molecule has 0 bridgehead atoms. The Hall–Kier alpha value is -1.46. The van der Waals surface area contributed by atoms with Crippen LogP contribution in [0.4, 0.5) is 0 Å². The number of benzene rings is 1. The third kappa shape index (κ3) is 4.51. The lowest BCUT2D eigenvalue weighted by atomic mass is 10.0. The average Bonchev–Trinajstić information content (AvgIpc) is 2.43. The summed E-state index contributed by atoms with van der Waals surface area (Å²) in [4.78, 5) is 21.8. The number of aldehydes is 2. The van der Waals surface area contributed by atoms with E-state index in [2.05, 4.69) is 33.9 Å². The zero-order chi connectivity index (χ0) is 17.0.